The first-order valence-corrected chi connectivity index (χ1v) is 5.83. The second-order valence-corrected chi connectivity index (χ2v) is 4.31. The summed E-state index contributed by atoms with van der Waals surface area (Å²) in [6.07, 6.45) is 2.45. The summed E-state index contributed by atoms with van der Waals surface area (Å²) in [6, 6.07) is -1.35. The predicted molar refractivity (Wildman–Crippen MR) is 61.8 cm³/mol. The van der Waals surface area contributed by atoms with Gasteiger partial charge in [-0.05, 0) is 6.42 Å². The molecule has 0 bridgehead atoms. The lowest BCUT2D eigenvalue weighted by Gasteiger charge is -2.15. The Morgan fingerprint density at radius 2 is 2.24 bits per heavy atom. The van der Waals surface area contributed by atoms with Gasteiger partial charge in [0.2, 0.25) is 11.8 Å². The van der Waals surface area contributed by atoms with E-state index in [1.807, 2.05) is 6.92 Å². The highest BCUT2D eigenvalue weighted by atomic mass is 16.2. The van der Waals surface area contributed by atoms with Crippen molar-refractivity contribution in [3.63, 3.8) is 0 Å². The smallest absolute Gasteiger partial charge is 0.252 e. The highest BCUT2D eigenvalue weighted by Gasteiger charge is 2.37. The second-order valence-electron chi connectivity index (χ2n) is 4.31. The summed E-state index contributed by atoms with van der Waals surface area (Å²) in [7, 11) is 1.41. The molecule has 0 saturated carbocycles. The van der Waals surface area contributed by atoms with Crippen LogP contribution in [0.4, 0.5) is 0 Å². The molecule has 3 N–H and O–H groups in total. The first-order chi connectivity index (χ1) is 7.97. The van der Waals surface area contributed by atoms with Gasteiger partial charge >= 0.3 is 0 Å². The van der Waals surface area contributed by atoms with Crippen molar-refractivity contribution < 1.29 is 14.4 Å². The van der Waals surface area contributed by atoms with Crippen molar-refractivity contribution >= 4 is 17.7 Å². The van der Waals surface area contributed by atoms with Gasteiger partial charge in [-0.3, -0.25) is 19.3 Å². The Balaban J connectivity index is 2.47. The number of likely N-dealkylation sites (N-methyl/N-ethyl adjacent to an activating group) is 1. The van der Waals surface area contributed by atoms with E-state index in [-0.39, 0.29) is 24.1 Å². The molecule has 0 aromatic heterocycles. The van der Waals surface area contributed by atoms with Gasteiger partial charge in [0.15, 0.2) is 0 Å². The zero-order chi connectivity index (χ0) is 13.0. The first kappa shape index (κ1) is 13.6. The predicted octanol–water partition coefficient (Wildman–Crippen LogP) is -0.623. The molecule has 96 valence electrons. The minimum atomic E-state index is -0.743. The maximum atomic E-state index is 11.6. The van der Waals surface area contributed by atoms with E-state index < -0.39 is 12.1 Å². The van der Waals surface area contributed by atoms with Crippen LogP contribution in [0.1, 0.15) is 32.6 Å². The van der Waals surface area contributed by atoms with E-state index >= 15 is 0 Å². The quantitative estimate of drug-likeness (QED) is 0.627. The maximum Gasteiger partial charge on any atom is 0.252 e. The lowest BCUT2D eigenvalue weighted by molar-refractivity contribution is -0.138. The molecule has 0 aliphatic carbocycles. The Bertz CT molecular complexity index is 330. The average Bonchev–Trinajstić information content (AvgIpc) is 2.54. The number of imide groups is 1. The van der Waals surface area contributed by atoms with Crippen molar-refractivity contribution in [3.8, 4) is 0 Å². The molecule has 0 aromatic carbocycles. The monoisotopic (exact) mass is 241 g/mol. The van der Waals surface area contributed by atoms with E-state index in [0.717, 1.165) is 17.7 Å². The minimum Gasteiger partial charge on any atom is -0.342 e. The third kappa shape index (κ3) is 3.26. The summed E-state index contributed by atoms with van der Waals surface area (Å²) in [4.78, 5) is 35.5. The van der Waals surface area contributed by atoms with Gasteiger partial charge in [0.05, 0.1) is 12.5 Å². The van der Waals surface area contributed by atoms with E-state index in [2.05, 4.69) is 5.32 Å². The van der Waals surface area contributed by atoms with E-state index in [0.29, 0.717) is 6.42 Å². The first-order valence-electron chi connectivity index (χ1n) is 5.83. The number of unbranched alkanes of at least 4 members (excludes halogenated alkanes) is 1. The number of carbonyl (C=O) groups excluding carboxylic acids is 3. The molecule has 0 radical (unpaired) electrons. The fourth-order valence-corrected chi connectivity index (χ4v) is 1.70. The van der Waals surface area contributed by atoms with Gasteiger partial charge in [-0.2, -0.15) is 0 Å². The number of amides is 3. The molecule has 1 aliphatic heterocycles. The van der Waals surface area contributed by atoms with Crippen molar-refractivity contribution in [2.75, 3.05) is 7.05 Å². The molecule has 6 heteroatoms. The van der Waals surface area contributed by atoms with Gasteiger partial charge in [0.1, 0.15) is 6.04 Å². The van der Waals surface area contributed by atoms with Crippen LogP contribution in [0.3, 0.4) is 0 Å². The normalized spacial score (nSPS) is 21.8. The number of likely N-dealkylation sites (tertiary alicyclic amines) is 1. The molecule has 1 rings (SSSR count). The van der Waals surface area contributed by atoms with Gasteiger partial charge < -0.3 is 11.1 Å². The lowest BCUT2D eigenvalue weighted by Crippen LogP contribution is -2.48. The molecule has 1 aliphatic rings. The molecular weight excluding hydrogens is 222 g/mol. The number of rotatable bonds is 5. The summed E-state index contributed by atoms with van der Waals surface area (Å²) in [5.41, 5.74) is 5.67. The van der Waals surface area contributed by atoms with Gasteiger partial charge in [-0.15, -0.1) is 0 Å². The number of hydrogen-bond donors (Lipinski definition) is 2. The van der Waals surface area contributed by atoms with Crippen LogP contribution in [-0.4, -0.2) is 41.8 Å². The van der Waals surface area contributed by atoms with Crippen molar-refractivity contribution in [1.29, 1.82) is 0 Å². The summed E-state index contributed by atoms with van der Waals surface area (Å²) in [5.74, 6) is -1.01. The highest BCUT2D eigenvalue weighted by Crippen LogP contribution is 2.10. The van der Waals surface area contributed by atoms with Crippen molar-refractivity contribution in [3.05, 3.63) is 0 Å². The molecule has 0 aromatic rings. The lowest BCUT2D eigenvalue weighted by atomic mass is 10.1. The molecule has 6 nitrogen and oxygen atoms in total. The Kier molecular flexibility index (Phi) is 4.62. The molecule has 1 unspecified atom stereocenters. The van der Waals surface area contributed by atoms with E-state index in [4.69, 9.17) is 5.73 Å². The van der Waals surface area contributed by atoms with E-state index in [1.54, 1.807) is 0 Å². The van der Waals surface area contributed by atoms with Crippen LogP contribution in [0.15, 0.2) is 0 Å². The van der Waals surface area contributed by atoms with Crippen LogP contribution in [-0.2, 0) is 14.4 Å². The third-order valence-corrected chi connectivity index (χ3v) is 2.90. The second kappa shape index (κ2) is 5.77. The third-order valence-electron chi connectivity index (χ3n) is 2.90. The fourth-order valence-electron chi connectivity index (χ4n) is 1.70. The summed E-state index contributed by atoms with van der Waals surface area (Å²) in [6.45, 7) is 2.01. The van der Waals surface area contributed by atoms with E-state index in [9.17, 15) is 14.4 Å². The van der Waals surface area contributed by atoms with Crippen LogP contribution in [0, 0.1) is 0 Å². The molecule has 1 saturated heterocycles. The summed E-state index contributed by atoms with van der Waals surface area (Å²) < 4.78 is 0. The topological polar surface area (TPSA) is 92.5 Å². The maximum absolute atomic E-state index is 11.6. The fraction of sp³-hybridized carbons (Fsp3) is 0.727. The Hall–Kier alpha value is -1.43. The number of nitrogens with zero attached hydrogens (tertiary/aromatic N) is 1. The number of nitrogens with two attached hydrogens (primary N) is 1. The van der Waals surface area contributed by atoms with Gasteiger partial charge in [0, 0.05) is 7.05 Å². The molecule has 3 amide bonds. The summed E-state index contributed by atoms with van der Waals surface area (Å²) in [5, 5.41) is 2.52. The van der Waals surface area contributed by atoms with Crippen LogP contribution in [0.5, 0.6) is 0 Å². The number of nitrogens with one attached hydrogen (secondary N) is 1. The standard InChI is InChI=1S/C11H19N3O3/c1-3-4-5-7(12)10(16)13-8-6-9(15)14(2)11(8)17/h7-8H,3-6,12H2,1-2H3,(H,13,16)/t7-,8?/m0/s1. The number of carbonyl (C=O) groups is 3. The summed E-state index contributed by atoms with van der Waals surface area (Å²) >= 11 is 0. The Morgan fingerprint density at radius 3 is 2.71 bits per heavy atom. The van der Waals surface area contributed by atoms with Gasteiger partial charge in [-0.25, -0.2) is 0 Å². The largest absolute Gasteiger partial charge is 0.342 e. The number of hydrogen-bond acceptors (Lipinski definition) is 4. The molecule has 2 atom stereocenters. The molecule has 1 heterocycles. The van der Waals surface area contributed by atoms with Crippen molar-refractivity contribution in [2.45, 2.75) is 44.7 Å². The molecule has 1 fully saturated rings. The molecular formula is C11H19N3O3. The minimum absolute atomic E-state index is 0.0293. The zero-order valence-corrected chi connectivity index (χ0v) is 10.2. The average molecular weight is 241 g/mol. The van der Waals surface area contributed by atoms with Crippen LogP contribution in [0.25, 0.3) is 0 Å². The van der Waals surface area contributed by atoms with Crippen LogP contribution < -0.4 is 11.1 Å². The van der Waals surface area contributed by atoms with Crippen LogP contribution in [0.2, 0.25) is 0 Å². The van der Waals surface area contributed by atoms with Crippen molar-refractivity contribution in [2.24, 2.45) is 5.73 Å². The SMILES string of the molecule is CCCC[C@H](N)C(=O)NC1CC(=O)N(C)C1=O. The van der Waals surface area contributed by atoms with Gasteiger partial charge in [0.25, 0.3) is 5.91 Å². The molecule has 0 spiro atoms. The highest BCUT2D eigenvalue weighted by molar-refractivity contribution is 6.06. The molecule has 17 heavy (non-hydrogen) atoms. The van der Waals surface area contributed by atoms with Crippen LogP contribution >= 0.6 is 0 Å². The van der Waals surface area contributed by atoms with E-state index in [1.165, 1.54) is 7.05 Å². The zero-order valence-electron chi connectivity index (χ0n) is 10.2. The van der Waals surface area contributed by atoms with Gasteiger partial charge in [-0.1, -0.05) is 19.8 Å². The van der Waals surface area contributed by atoms with Crippen molar-refractivity contribution in [1.82, 2.24) is 10.2 Å². The Labute approximate surface area is 101 Å². The Morgan fingerprint density at radius 1 is 1.59 bits per heavy atom.